The number of pyridine rings is 1. The minimum Gasteiger partial charge on any atom is -0.481 e. The zero-order chi connectivity index (χ0) is 13.5. The molecule has 0 unspecified atom stereocenters. The van der Waals surface area contributed by atoms with Crippen LogP contribution < -0.4 is 14.8 Å². The fourth-order valence-corrected chi connectivity index (χ4v) is 1.53. The van der Waals surface area contributed by atoms with Crippen LogP contribution in [0.15, 0.2) is 30.7 Å². The number of anilines is 1. The van der Waals surface area contributed by atoms with Crippen molar-refractivity contribution in [1.82, 2.24) is 15.0 Å². The van der Waals surface area contributed by atoms with E-state index in [-0.39, 0.29) is 0 Å². The van der Waals surface area contributed by atoms with E-state index in [9.17, 15) is 0 Å². The summed E-state index contributed by atoms with van der Waals surface area (Å²) in [6, 6.07) is 5.56. The van der Waals surface area contributed by atoms with E-state index in [0.29, 0.717) is 30.7 Å². The van der Waals surface area contributed by atoms with Crippen LogP contribution in [0.2, 0.25) is 0 Å². The second kappa shape index (κ2) is 6.53. The molecule has 6 nitrogen and oxygen atoms in total. The lowest BCUT2D eigenvalue weighted by Gasteiger charge is -2.08. The second-order valence-corrected chi connectivity index (χ2v) is 3.73. The number of methoxy groups -OCH3 is 1. The van der Waals surface area contributed by atoms with E-state index in [1.807, 2.05) is 19.1 Å². The molecule has 2 aromatic rings. The molecule has 0 radical (unpaired) electrons. The molecular formula is C13H16N4O2. The van der Waals surface area contributed by atoms with Gasteiger partial charge in [-0.3, -0.25) is 0 Å². The lowest BCUT2D eigenvalue weighted by molar-refractivity contribution is 0.326. The van der Waals surface area contributed by atoms with Crippen LogP contribution >= 0.6 is 0 Å². The van der Waals surface area contributed by atoms with Crippen LogP contribution in [0.25, 0.3) is 0 Å². The number of aromatic nitrogens is 3. The zero-order valence-electron chi connectivity index (χ0n) is 11.0. The average molecular weight is 260 g/mol. The fourth-order valence-electron chi connectivity index (χ4n) is 1.53. The lowest BCUT2D eigenvalue weighted by Crippen LogP contribution is -2.03. The molecule has 6 heteroatoms. The van der Waals surface area contributed by atoms with Gasteiger partial charge in [-0.05, 0) is 18.6 Å². The maximum absolute atomic E-state index is 5.31. The van der Waals surface area contributed by atoms with Gasteiger partial charge >= 0.3 is 0 Å². The highest BCUT2D eigenvalue weighted by molar-refractivity contribution is 5.38. The highest BCUT2D eigenvalue weighted by Gasteiger charge is 2.00. The third kappa shape index (κ3) is 3.80. The Morgan fingerprint density at radius 1 is 1.16 bits per heavy atom. The van der Waals surface area contributed by atoms with E-state index in [1.165, 1.54) is 6.33 Å². The number of nitrogens with zero attached hydrogens (tertiary/aromatic N) is 3. The van der Waals surface area contributed by atoms with Crippen molar-refractivity contribution < 1.29 is 9.47 Å². The second-order valence-electron chi connectivity index (χ2n) is 3.73. The van der Waals surface area contributed by atoms with Gasteiger partial charge in [-0.15, -0.1) is 0 Å². The molecule has 0 aromatic carbocycles. The number of ether oxygens (including phenoxy) is 2. The SMILES string of the molecule is CCOc1cc(NCc2ccnc(OC)c2)ncn1. The molecule has 0 fully saturated rings. The number of nitrogens with one attached hydrogen (secondary N) is 1. The predicted molar refractivity (Wildman–Crippen MR) is 71.3 cm³/mol. The molecule has 100 valence electrons. The molecular weight excluding hydrogens is 244 g/mol. The van der Waals surface area contributed by atoms with Crippen LogP contribution in [0.1, 0.15) is 12.5 Å². The minimum atomic E-state index is 0.562. The van der Waals surface area contributed by atoms with Crippen molar-refractivity contribution >= 4 is 5.82 Å². The molecule has 0 spiro atoms. The molecule has 1 N–H and O–H groups in total. The van der Waals surface area contributed by atoms with E-state index in [0.717, 1.165) is 5.56 Å². The molecule has 0 aliphatic carbocycles. The Bertz CT molecular complexity index is 534. The lowest BCUT2D eigenvalue weighted by atomic mass is 10.2. The molecule has 2 aromatic heterocycles. The molecule has 0 saturated carbocycles. The smallest absolute Gasteiger partial charge is 0.218 e. The van der Waals surface area contributed by atoms with Gasteiger partial charge in [0.2, 0.25) is 11.8 Å². The van der Waals surface area contributed by atoms with Crippen LogP contribution in [0, 0.1) is 0 Å². The highest BCUT2D eigenvalue weighted by atomic mass is 16.5. The Labute approximate surface area is 111 Å². The Balaban J connectivity index is 1.99. The van der Waals surface area contributed by atoms with Crippen molar-refractivity contribution in [3.63, 3.8) is 0 Å². The highest BCUT2D eigenvalue weighted by Crippen LogP contribution is 2.13. The molecule has 2 rings (SSSR count). The largest absolute Gasteiger partial charge is 0.481 e. The maximum atomic E-state index is 5.31. The van der Waals surface area contributed by atoms with E-state index in [1.54, 1.807) is 19.4 Å². The van der Waals surface area contributed by atoms with Crippen molar-refractivity contribution in [1.29, 1.82) is 0 Å². The Hall–Kier alpha value is -2.37. The van der Waals surface area contributed by atoms with Crippen LogP contribution in [0.5, 0.6) is 11.8 Å². The van der Waals surface area contributed by atoms with Gasteiger partial charge in [-0.1, -0.05) is 0 Å². The molecule has 19 heavy (non-hydrogen) atoms. The van der Waals surface area contributed by atoms with Crippen LogP contribution in [0.4, 0.5) is 5.82 Å². The maximum Gasteiger partial charge on any atom is 0.218 e. The first-order valence-electron chi connectivity index (χ1n) is 5.99. The molecule has 0 atom stereocenters. The quantitative estimate of drug-likeness (QED) is 0.855. The van der Waals surface area contributed by atoms with Crippen molar-refractivity contribution in [3.8, 4) is 11.8 Å². The summed E-state index contributed by atoms with van der Waals surface area (Å²) < 4.78 is 10.4. The molecule has 0 saturated heterocycles. The van der Waals surface area contributed by atoms with Crippen LogP contribution in [-0.4, -0.2) is 28.7 Å². The van der Waals surface area contributed by atoms with Crippen molar-refractivity contribution in [2.24, 2.45) is 0 Å². The van der Waals surface area contributed by atoms with E-state index >= 15 is 0 Å². The topological polar surface area (TPSA) is 69.2 Å². The number of hydrogen-bond donors (Lipinski definition) is 1. The van der Waals surface area contributed by atoms with E-state index in [4.69, 9.17) is 9.47 Å². The van der Waals surface area contributed by atoms with Gasteiger partial charge in [-0.2, -0.15) is 0 Å². The standard InChI is InChI=1S/C13H16N4O2/c1-3-19-13-7-11(16-9-17-13)15-8-10-4-5-14-12(6-10)18-2/h4-7,9H,3,8H2,1-2H3,(H,15,16,17). The summed E-state index contributed by atoms with van der Waals surface area (Å²) in [6.07, 6.45) is 3.18. The Morgan fingerprint density at radius 2 is 2.05 bits per heavy atom. The third-order valence-electron chi connectivity index (χ3n) is 2.42. The van der Waals surface area contributed by atoms with E-state index in [2.05, 4.69) is 20.3 Å². The van der Waals surface area contributed by atoms with Gasteiger partial charge in [-0.25, -0.2) is 15.0 Å². The van der Waals surface area contributed by atoms with Gasteiger partial charge in [0.05, 0.1) is 13.7 Å². The molecule has 0 aliphatic heterocycles. The molecule has 2 heterocycles. The summed E-state index contributed by atoms with van der Waals surface area (Å²) in [5.74, 6) is 1.87. The first kappa shape index (κ1) is 13.1. The first-order chi connectivity index (χ1) is 9.31. The monoisotopic (exact) mass is 260 g/mol. The number of rotatable bonds is 6. The van der Waals surface area contributed by atoms with Crippen molar-refractivity contribution in [2.75, 3.05) is 19.0 Å². The van der Waals surface area contributed by atoms with Crippen molar-refractivity contribution in [3.05, 3.63) is 36.3 Å². The minimum absolute atomic E-state index is 0.562. The average Bonchev–Trinajstić information content (AvgIpc) is 2.46. The van der Waals surface area contributed by atoms with Crippen LogP contribution in [-0.2, 0) is 6.54 Å². The first-order valence-corrected chi connectivity index (χ1v) is 5.99. The van der Waals surface area contributed by atoms with Gasteiger partial charge in [0.25, 0.3) is 0 Å². The zero-order valence-corrected chi connectivity index (χ0v) is 11.0. The molecule has 0 bridgehead atoms. The van der Waals surface area contributed by atoms with E-state index < -0.39 is 0 Å². The van der Waals surface area contributed by atoms with Crippen LogP contribution in [0.3, 0.4) is 0 Å². The van der Waals surface area contributed by atoms with Crippen molar-refractivity contribution in [2.45, 2.75) is 13.5 Å². The summed E-state index contributed by atoms with van der Waals surface area (Å²) >= 11 is 0. The number of hydrogen-bond acceptors (Lipinski definition) is 6. The normalized spacial score (nSPS) is 10.0. The molecule has 0 aliphatic rings. The summed E-state index contributed by atoms with van der Waals surface area (Å²) in [4.78, 5) is 12.2. The predicted octanol–water partition coefficient (Wildman–Crippen LogP) is 1.89. The summed E-state index contributed by atoms with van der Waals surface area (Å²) in [5.41, 5.74) is 1.06. The summed E-state index contributed by atoms with van der Waals surface area (Å²) in [5, 5.41) is 3.20. The summed E-state index contributed by atoms with van der Waals surface area (Å²) in [7, 11) is 1.60. The Kier molecular flexibility index (Phi) is 4.49. The van der Waals surface area contributed by atoms with Gasteiger partial charge < -0.3 is 14.8 Å². The third-order valence-corrected chi connectivity index (χ3v) is 2.42. The van der Waals surface area contributed by atoms with Gasteiger partial charge in [0, 0.05) is 24.9 Å². The Morgan fingerprint density at radius 3 is 2.84 bits per heavy atom. The summed E-state index contributed by atoms with van der Waals surface area (Å²) in [6.45, 7) is 3.12. The van der Waals surface area contributed by atoms with Gasteiger partial charge in [0.15, 0.2) is 0 Å². The van der Waals surface area contributed by atoms with Gasteiger partial charge in [0.1, 0.15) is 12.1 Å². The molecule has 0 amide bonds. The fraction of sp³-hybridized carbons (Fsp3) is 0.308.